The average molecular weight is 331 g/mol. The van der Waals surface area contributed by atoms with Gasteiger partial charge in [-0.05, 0) is 48.9 Å². The molecule has 1 N–H and O–H groups in total. The molecule has 0 radical (unpaired) electrons. The van der Waals surface area contributed by atoms with Gasteiger partial charge in [-0.25, -0.2) is 4.98 Å². The Bertz CT molecular complexity index is 990. The lowest BCUT2D eigenvalue weighted by atomic mass is 10.1. The first-order valence-corrected chi connectivity index (χ1v) is 9.11. The molecular formula is C21H21N3O. The number of rotatable bonds is 4. The molecule has 0 bridgehead atoms. The molecule has 0 amide bonds. The normalized spacial score (nSPS) is 19.5. The van der Waals surface area contributed by atoms with Crippen molar-refractivity contribution in [2.24, 2.45) is 0 Å². The van der Waals surface area contributed by atoms with Gasteiger partial charge in [0.25, 0.3) is 5.56 Å². The number of aromatic amines is 1. The Balaban J connectivity index is 1.51. The Morgan fingerprint density at radius 1 is 1.04 bits per heavy atom. The van der Waals surface area contributed by atoms with Crippen molar-refractivity contribution in [3.63, 3.8) is 0 Å². The number of nitrogens with one attached hydrogen (secondary N) is 1. The van der Waals surface area contributed by atoms with Gasteiger partial charge in [0, 0.05) is 18.6 Å². The molecule has 2 aliphatic carbocycles. The number of nitrogens with zero attached hydrogens (tertiary/aromatic N) is 2. The van der Waals surface area contributed by atoms with E-state index in [1.54, 1.807) is 0 Å². The fourth-order valence-corrected chi connectivity index (χ4v) is 4.13. The van der Waals surface area contributed by atoms with Crippen LogP contribution in [-0.2, 0) is 13.0 Å². The van der Waals surface area contributed by atoms with E-state index in [1.165, 1.54) is 24.0 Å². The number of hydrogen-bond donors (Lipinski definition) is 1. The van der Waals surface area contributed by atoms with E-state index < -0.39 is 0 Å². The fraction of sp³-hybridized carbons (Fsp3) is 0.333. The van der Waals surface area contributed by atoms with Crippen molar-refractivity contribution < 1.29 is 0 Å². The summed E-state index contributed by atoms with van der Waals surface area (Å²) < 4.78 is 0. The van der Waals surface area contributed by atoms with E-state index in [4.69, 9.17) is 0 Å². The standard InChI is InChI=1S/C21H21N3O/c25-21-19(22-17-7-3-4-8-18(17)23-21)13-24(15-10-11-15)20-12-9-14-5-1-2-6-16(14)20/h1-8,15,20H,9-13H2,(H,23,25)/t20-/m1/s1. The van der Waals surface area contributed by atoms with Crippen molar-refractivity contribution in [1.29, 1.82) is 0 Å². The Morgan fingerprint density at radius 2 is 1.84 bits per heavy atom. The summed E-state index contributed by atoms with van der Waals surface area (Å²) in [7, 11) is 0. The lowest BCUT2D eigenvalue weighted by Crippen LogP contribution is -2.32. The van der Waals surface area contributed by atoms with Crippen LogP contribution >= 0.6 is 0 Å². The van der Waals surface area contributed by atoms with Gasteiger partial charge in [0.2, 0.25) is 0 Å². The van der Waals surface area contributed by atoms with Gasteiger partial charge in [-0.1, -0.05) is 36.4 Å². The minimum atomic E-state index is -0.0596. The highest BCUT2D eigenvalue weighted by molar-refractivity contribution is 5.73. The maximum Gasteiger partial charge on any atom is 0.271 e. The zero-order valence-corrected chi connectivity index (χ0v) is 14.1. The summed E-state index contributed by atoms with van der Waals surface area (Å²) in [6, 6.07) is 17.5. The minimum absolute atomic E-state index is 0.0596. The van der Waals surface area contributed by atoms with E-state index >= 15 is 0 Å². The van der Waals surface area contributed by atoms with Crippen molar-refractivity contribution in [1.82, 2.24) is 14.9 Å². The third-order valence-corrected chi connectivity index (χ3v) is 5.52. The monoisotopic (exact) mass is 331 g/mol. The molecule has 0 aliphatic heterocycles. The predicted octanol–water partition coefficient (Wildman–Crippen LogP) is 3.58. The largest absolute Gasteiger partial charge is 0.319 e. The Hall–Kier alpha value is -2.46. The second kappa shape index (κ2) is 5.81. The summed E-state index contributed by atoms with van der Waals surface area (Å²) in [5.41, 5.74) is 5.14. The van der Waals surface area contributed by atoms with Gasteiger partial charge in [-0.3, -0.25) is 9.69 Å². The summed E-state index contributed by atoms with van der Waals surface area (Å²) in [6.07, 6.45) is 4.72. The number of para-hydroxylation sites is 2. The summed E-state index contributed by atoms with van der Waals surface area (Å²) in [4.78, 5) is 22.7. The maximum absolute atomic E-state index is 12.5. The van der Waals surface area contributed by atoms with Crippen LogP contribution in [0.4, 0.5) is 0 Å². The van der Waals surface area contributed by atoms with E-state index in [-0.39, 0.29) is 5.56 Å². The zero-order chi connectivity index (χ0) is 16.8. The van der Waals surface area contributed by atoms with E-state index in [0.29, 0.717) is 24.3 Å². The first kappa shape index (κ1) is 14.8. The molecule has 1 fully saturated rings. The number of hydrogen-bond acceptors (Lipinski definition) is 3. The van der Waals surface area contributed by atoms with Gasteiger partial charge in [-0.15, -0.1) is 0 Å². The second-order valence-electron chi connectivity index (χ2n) is 7.19. The van der Waals surface area contributed by atoms with Gasteiger partial charge >= 0.3 is 0 Å². The smallest absolute Gasteiger partial charge is 0.271 e. The van der Waals surface area contributed by atoms with Gasteiger partial charge in [0.15, 0.2) is 0 Å². The van der Waals surface area contributed by atoms with E-state index in [1.807, 2.05) is 24.3 Å². The van der Waals surface area contributed by atoms with Crippen LogP contribution in [0.15, 0.2) is 53.3 Å². The summed E-state index contributed by atoms with van der Waals surface area (Å²) in [5, 5.41) is 0. The van der Waals surface area contributed by atoms with E-state index in [2.05, 4.69) is 39.1 Å². The number of fused-ring (bicyclic) bond motifs is 2. The second-order valence-corrected chi connectivity index (χ2v) is 7.19. The molecule has 5 rings (SSSR count). The molecule has 1 heterocycles. The topological polar surface area (TPSA) is 49.0 Å². The molecule has 2 aliphatic rings. The van der Waals surface area contributed by atoms with Crippen LogP contribution in [0.1, 0.15) is 42.1 Å². The summed E-state index contributed by atoms with van der Waals surface area (Å²) in [5.74, 6) is 0. The predicted molar refractivity (Wildman–Crippen MR) is 98.4 cm³/mol. The van der Waals surface area contributed by atoms with Crippen LogP contribution in [0.3, 0.4) is 0 Å². The average Bonchev–Trinajstić information content (AvgIpc) is 3.39. The molecule has 126 valence electrons. The van der Waals surface area contributed by atoms with Crippen molar-refractivity contribution in [2.75, 3.05) is 0 Å². The van der Waals surface area contributed by atoms with Gasteiger partial charge in [0.05, 0.1) is 11.0 Å². The van der Waals surface area contributed by atoms with Crippen molar-refractivity contribution in [3.05, 3.63) is 75.7 Å². The van der Waals surface area contributed by atoms with Crippen LogP contribution in [0.5, 0.6) is 0 Å². The lowest BCUT2D eigenvalue weighted by molar-refractivity contribution is 0.174. The van der Waals surface area contributed by atoms with Crippen molar-refractivity contribution in [3.8, 4) is 0 Å². The SMILES string of the molecule is O=c1[nH]c2ccccc2nc1CN(C1CC1)[C@@H]1CCc2ccccc21. The fourth-order valence-electron chi connectivity index (χ4n) is 4.13. The number of aryl methyl sites for hydroxylation is 1. The first-order valence-electron chi connectivity index (χ1n) is 9.11. The van der Waals surface area contributed by atoms with E-state index in [0.717, 1.165) is 23.9 Å². The molecule has 3 aromatic rings. The maximum atomic E-state index is 12.5. The molecule has 4 nitrogen and oxygen atoms in total. The number of benzene rings is 2. The molecule has 1 atom stereocenters. The van der Waals surface area contributed by atoms with Crippen molar-refractivity contribution >= 4 is 11.0 Å². The third-order valence-electron chi connectivity index (χ3n) is 5.52. The zero-order valence-electron chi connectivity index (χ0n) is 14.1. The van der Waals surface area contributed by atoms with Crippen LogP contribution in [-0.4, -0.2) is 20.9 Å². The number of aromatic nitrogens is 2. The molecule has 0 spiro atoms. The van der Waals surface area contributed by atoms with Gasteiger partial charge in [0.1, 0.15) is 5.69 Å². The molecule has 0 unspecified atom stereocenters. The highest BCUT2D eigenvalue weighted by Gasteiger charge is 2.37. The highest BCUT2D eigenvalue weighted by Crippen LogP contribution is 2.42. The van der Waals surface area contributed by atoms with Crippen LogP contribution in [0.25, 0.3) is 11.0 Å². The van der Waals surface area contributed by atoms with E-state index in [9.17, 15) is 4.79 Å². The molecule has 4 heteroatoms. The number of H-pyrrole nitrogens is 1. The first-order chi connectivity index (χ1) is 12.3. The molecule has 25 heavy (non-hydrogen) atoms. The molecular weight excluding hydrogens is 310 g/mol. The molecule has 2 aromatic carbocycles. The van der Waals surface area contributed by atoms with Gasteiger partial charge < -0.3 is 4.98 Å². The summed E-state index contributed by atoms with van der Waals surface area (Å²) >= 11 is 0. The van der Waals surface area contributed by atoms with Crippen molar-refractivity contribution in [2.45, 2.75) is 44.3 Å². The highest BCUT2D eigenvalue weighted by atomic mass is 16.1. The Kier molecular flexibility index (Phi) is 3.45. The molecule has 0 saturated heterocycles. The van der Waals surface area contributed by atoms with Crippen LogP contribution in [0.2, 0.25) is 0 Å². The molecule has 1 saturated carbocycles. The quantitative estimate of drug-likeness (QED) is 0.795. The Labute approximate surface area is 146 Å². The minimum Gasteiger partial charge on any atom is -0.319 e. The lowest BCUT2D eigenvalue weighted by Gasteiger charge is -2.29. The van der Waals surface area contributed by atoms with Crippen LogP contribution < -0.4 is 5.56 Å². The third kappa shape index (κ3) is 2.67. The molecule has 1 aromatic heterocycles. The van der Waals surface area contributed by atoms with Crippen LogP contribution in [0, 0.1) is 0 Å². The Morgan fingerprint density at radius 3 is 2.72 bits per heavy atom. The summed E-state index contributed by atoms with van der Waals surface area (Å²) in [6.45, 7) is 0.629. The van der Waals surface area contributed by atoms with Gasteiger partial charge in [-0.2, -0.15) is 0 Å².